The van der Waals surface area contributed by atoms with Gasteiger partial charge < -0.3 is 5.11 Å². The van der Waals surface area contributed by atoms with Crippen LogP contribution in [0.4, 0.5) is 0 Å². The van der Waals surface area contributed by atoms with Gasteiger partial charge in [-0.2, -0.15) is 5.10 Å². The number of aromatic nitrogens is 2. The molecule has 0 aliphatic heterocycles. The second-order valence-corrected chi connectivity index (χ2v) is 3.07. The first-order chi connectivity index (χ1) is 6.27. The van der Waals surface area contributed by atoms with Crippen LogP contribution in [0.15, 0.2) is 30.5 Å². The number of hydrogen-bond donors (Lipinski definition) is 2. The zero-order valence-corrected chi connectivity index (χ0v) is 7.42. The van der Waals surface area contributed by atoms with Crippen LogP contribution in [0.2, 0.25) is 5.02 Å². The summed E-state index contributed by atoms with van der Waals surface area (Å²) >= 11 is 5.69. The second kappa shape index (κ2) is 3.11. The lowest BCUT2D eigenvalue weighted by atomic mass is 10.1. The number of halogens is 1. The number of benzene rings is 1. The van der Waals surface area contributed by atoms with Crippen molar-refractivity contribution >= 4 is 11.6 Å². The quantitative estimate of drug-likeness (QED) is 0.733. The molecule has 1 heterocycles. The molecule has 0 spiro atoms. The molecule has 0 fully saturated rings. The fraction of sp³-hybridized carbons (Fsp3) is 0. The minimum atomic E-state index is 0.150. The molecule has 1 aromatic carbocycles. The molecule has 3 nitrogen and oxygen atoms in total. The molecule has 0 saturated heterocycles. The van der Waals surface area contributed by atoms with Crippen LogP contribution in [-0.4, -0.2) is 15.3 Å². The number of aromatic amines is 1. The third-order valence-corrected chi connectivity index (χ3v) is 1.99. The summed E-state index contributed by atoms with van der Waals surface area (Å²) in [5.74, 6) is 0.150. The summed E-state index contributed by atoms with van der Waals surface area (Å²) in [4.78, 5) is 0. The molecular formula is C9H7ClN2O. The van der Waals surface area contributed by atoms with Gasteiger partial charge in [0.1, 0.15) is 5.75 Å². The standard InChI is InChI=1S/C9H7ClN2O/c10-6-1-2-7(9(13)5-6)8-3-4-11-12-8/h1-5,13H,(H,11,12). The Bertz CT molecular complexity index is 412. The largest absolute Gasteiger partial charge is 0.507 e. The topological polar surface area (TPSA) is 48.9 Å². The molecule has 0 atom stereocenters. The summed E-state index contributed by atoms with van der Waals surface area (Å²) in [6.45, 7) is 0. The number of nitrogens with zero attached hydrogens (tertiary/aromatic N) is 1. The lowest BCUT2D eigenvalue weighted by Gasteiger charge is -2.01. The van der Waals surface area contributed by atoms with E-state index in [0.29, 0.717) is 10.6 Å². The lowest BCUT2D eigenvalue weighted by molar-refractivity contribution is 0.477. The maximum absolute atomic E-state index is 9.53. The van der Waals surface area contributed by atoms with Crippen molar-refractivity contribution in [1.82, 2.24) is 10.2 Å². The first kappa shape index (κ1) is 8.13. The van der Waals surface area contributed by atoms with Gasteiger partial charge in [-0.1, -0.05) is 11.6 Å². The van der Waals surface area contributed by atoms with Crippen molar-refractivity contribution in [3.63, 3.8) is 0 Å². The zero-order chi connectivity index (χ0) is 9.26. The number of hydrogen-bond acceptors (Lipinski definition) is 2. The minimum Gasteiger partial charge on any atom is -0.507 e. The number of aromatic hydroxyl groups is 1. The van der Waals surface area contributed by atoms with E-state index in [0.717, 1.165) is 5.69 Å². The van der Waals surface area contributed by atoms with Gasteiger partial charge in [0.25, 0.3) is 0 Å². The highest BCUT2D eigenvalue weighted by atomic mass is 35.5. The summed E-state index contributed by atoms with van der Waals surface area (Å²) in [5, 5.41) is 16.6. The Morgan fingerprint density at radius 1 is 1.31 bits per heavy atom. The molecule has 4 heteroatoms. The molecule has 0 aliphatic rings. The summed E-state index contributed by atoms with van der Waals surface area (Å²) in [5.41, 5.74) is 1.47. The van der Waals surface area contributed by atoms with Gasteiger partial charge in [0.15, 0.2) is 0 Å². The highest BCUT2D eigenvalue weighted by Crippen LogP contribution is 2.29. The number of rotatable bonds is 1. The van der Waals surface area contributed by atoms with Crippen molar-refractivity contribution in [2.24, 2.45) is 0 Å². The van der Waals surface area contributed by atoms with Crippen LogP contribution in [0.25, 0.3) is 11.3 Å². The molecule has 2 aromatic rings. The SMILES string of the molecule is Oc1cc(Cl)ccc1-c1ccn[nH]1. The molecule has 0 unspecified atom stereocenters. The molecule has 2 rings (SSSR count). The van der Waals surface area contributed by atoms with Crippen LogP contribution in [-0.2, 0) is 0 Å². The summed E-state index contributed by atoms with van der Waals surface area (Å²) in [6, 6.07) is 6.74. The predicted molar refractivity (Wildman–Crippen MR) is 50.7 cm³/mol. The van der Waals surface area contributed by atoms with E-state index in [1.807, 2.05) is 0 Å². The minimum absolute atomic E-state index is 0.150. The van der Waals surface area contributed by atoms with E-state index in [1.165, 1.54) is 6.07 Å². The second-order valence-electron chi connectivity index (χ2n) is 2.63. The van der Waals surface area contributed by atoms with E-state index >= 15 is 0 Å². The van der Waals surface area contributed by atoms with Crippen LogP contribution >= 0.6 is 11.6 Å². The van der Waals surface area contributed by atoms with Crippen molar-refractivity contribution in [2.75, 3.05) is 0 Å². The van der Waals surface area contributed by atoms with Crippen molar-refractivity contribution < 1.29 is 5.11 Å². The summed E-state index contributed by atoms with van der Waals surface area (Å²) in [6.07, 6.45) is 1.63. The monoisotopic (exact) mass is 194 g/mol. The van der Waals surface area contributed by atoms with Gasteiger partial charge in [0.2, 0.25) is 0 Å². The van der Waals surface area contributed by atoms with Gasteiger partial charge in [-0.15, -0.1) is 0 Å². The Labute approximate surface area is 80.0 Å². The average molecular weight is 195 g/mol. The van der Waals surface area contributed by atoms with Gasteiger partial charge in [0.05, 0.1) is 5.69 Å². The smallest absolute Gasteiger partial charge is 0.126 e. The molecule has 0 aliphatic carbocycles. The lowest BCUT2D eigenvalue weighted by Crippen LogP contribution is -1.79. The normalized spacial score (nSPS) is 10.2. The molecule has 13 heavy (non-hydrogen) atoms. The first-order valence-electron chi connectivity index (χ1n) is 3.75. The highest BCUT2D eigenvalue weighted by molar-refractivity contribution is 6.30. The third kappa shape index (κ3) is 1.51. The number of nitrogens with one attached hydrogen (secondary N) is 1. The Kier molecular flexibility index (Phi) is 1.94. The van der Waals surface area contributed by atoms with Gasteiger partial charge in [0, 0.05) is 16.8 Å². The van der Waals surface area contributed by atoms with Crippen LogP contribution in [0.3, 0.4) is 0 Å². The van der Waals surface area contributed by atoms with Crippen LogP contribution in [0.1, 0.15) is 0 Å². The first-order valence-corrected chi connectivity index (χ1v) is 4.13. The Morgan fingerprint density at radius 2 is 2.15 bits per heavy atom. The molecule has 0 bridgehead atoms. The van der Waals surface area contributed by atoms with Gasteiger partial charge >= 0.3 is 0 Å². The molecule has 0 radical (unpaired) electrons. The highest BCUT2D eigenvalue weighted by Gasteiger charge is 2.04. The fourth-order valence-corrected chi connectivity index (χ4v) is 1.30. The number of H-pyrrole nitrogens is 1. The van der Waals surface area contributed by atoms with E-state index in [-0.39, 0.29) is 5.75 Å². The average Bonchev–Trinajstić information content (AvgIpc) is 2.56. The molecule has 0 amide bonds. The Balaban J connectivity index is 2.53. The van der Waals surface area contributed by atoms with Crippen molar-refractivity contribution in [3.05, 3.63) is 35.5 Å². The number of phenolic OH excluding ortho intramolecular Hbond substituents is 1. The van der Waals surface area contributed by atoms with Gasteiger partial charge in [-0.05, 0) is 24.3 Å². The number of phenols is 1. The fourth-order valence-electron chi connectivity index (χ4n) is 1.14. The van der Waals surface area contributed by atoms with E-state index in [9.17, 15) is 5.11 Å². The summed E-state index contributed by atoms with van der Waals surface area (Å²) in [7, 11) is 0. The van der Waals surface area contributed by atoms with Crippen LogP contribution in [0.5, 0.6) is 5.75 Å². The van der Waals surface area contributed by atoms with Crippen molar-refractivity contribution in [3.8, 4) is 17.0 Å². The molecule has 66 valence electrons. The van der Waals surface area contributed by atoms with Crippen molar-refractivity contribution in [2.45, 2.75) is 0 Å². The zero-order valence-electron chi connectivity index (χ0n) is 6.66. The van der Waals surface area contributed by atoms with Gasteiger partial charge in [-0.3, -0.25) is 5.10 Å². The van der Waals surface area contributed by atoms with Crippen molar-refractivity contribution in [1.29, 1.82) is 0 Å². The van der Waals surface area contributed by atoms with E-state index in [2.05, 4.69) is 10.2 Å². The Hall–Kier alpha value is -1.48. The Morgan fingerprint density at radius 3 is 2.77 bits per heavy atom. The summed E-state index contributed by atoms with van der Waals surface area (Å²) < 4.78 is 0. The van der Waals surface area contributed by atoms with Crippen LogP contribution in [0, 0.1) is 0 Å². The molecular weight excluding hydrogens is 188 g/mol. The maximum atomic E-state index is 9.53. The molecule has 0 saturated carbocycles. The predicted octanol–water partition coefficient (Wildman–Crippen LogP) is 2.44. The van der Waals surface area contributed by atoms with E-state index < -0.39 is 0 Å². The molecule has 2 N–H and O–H groups in total. The van der Waals surface area contributed by atoms with Gasteiger partial charge in [-0.25, -0.2) is 0 Å². The van der Waals surface area contributed by atoms with E-state index in [4.69, 9.17) is 11.6 Å². The third-order valence-electron chi connectivity index (χ3n) is 1.75. The van der Waals surface area contributed by atoms with Crippen LogP contribution < -0.4 is 0 Å². The maximum Gasteiger partial charge on any atom is 0.126 e. The molecule has 1 aromatic heterocycles. The van der Waals surface area contributed by atoms with E-state index in [1.54, 1.807) is 24.4 Å².